The molecule has 40 heavy (non-hydrogen) atoms. The summed E-state index contributed by atoms with van der Waals surface area (Å²) in [6.45, 7) is 6.24. The average Bonchev–Trinajstić information content (AvgIpc) is 3.26. The van der Waals surface area contributed by atoms with Crippen LogP contribution in [0.3, 0.4) is 0 Å². The van der Waals surface area contributed by atoms with Crippen molar-refractivity contribution in [1.29, 1.82) is 0 Å². The van der Waals surface area contributed by atoms with E-state index in [1.54, 1.807) is 9.47 Å². The Morgan fingerprint density at radius 2 is 1.93 bits per heavy atom. The van der Waals surface area contributed by atoms with E-state index in [0.29, 0.717) is 31.4 Å². The summed E-state index contributed by atoms with van der Waals surface area (Å²) >= 11 is 0. The van der Waals surface area contributed by atoms with Crippen LogP contribution < -0.4 is 19.3 Å². The molecule has 0 aliphatic carbocycles. The third kappa shape index (κ3) is 4.59. The Morgan fingerprint density at radius 3 is 2.62 bits per heavy atom. The van der Waals surface area contributed by atoms with E-state index in [4.69, 9.17) is 9.47 Å². The van der Waals surface area contributed by atoms with Crippen molar-refractivity contribution in [3.63, 3.8) is 0 Å². The van der Waals surface area contributed by atoms with Crippen molar-refractivity contribution >= 4 is 32.7 Å². The summed E-state index contributed by atoms with van der Waals surface area (Å²) in [6, 6.07) is 3.65. The number of anilines is 1. The van der Waals surface area contributed by atoms with Gasteiger partial charge in [-0.1, -0.05) is 6.07 Å². The van der Waals surface area contributed by atoms with Crippen LogP contribution in [0.2, 0.25) is 0 Å². The maximum Gasteiger partial charge on any atom is 0.280 e. The fraction of sp³-hybridized carbons (Fsp3) is 0.519. The minimum atomic E-state index is -3.84. The second-order valence-electron chi connectivity index (χ2n) is 10.6. The van der Waals surface area contributed by atoms with Crippen LogP contribution in [0.4, 0.5) is 10.2 Å². The van der Waals surface area contributed by atoms with Gasteiger partial charge in [0.25, 0.3) is 11.5 Å². The monoisotopic (exact) mass is 575 g/mol. The SMILES string of the molecule is COc1c2n(c3c4nn(c(=O)c13)Cc1ccc(F)cc1OCCCCCS(=O)(=O)N4C)[C@@H](C)CN(C(C)C)C2=O. The van der Waals surface area contributed by atoms with Crippen molar-refractivity contribution < 1.29 is 27.1 Å². The second kappa shape index (κ2) is 10.4. The second-order valence-corrected chi connectivity index (χ2v) is 12.7. The Balaban J connectivity index is 1.85. The summed E-state index contributed by atoms with van der Waals surface area (Å²) < 4.78 is 56.5. The Bertz CT molecular complexity index is 1650. The van der Waals surface area contributed by atoms with Gasteiger partial charge < -0.3 is 18.9 Å². The lowest BCUT2D eigenvalue weighted by atomic mass is 10.1. The molecule has 3 aromatic rings. The predicted molar refractivity (Wildman–Crippen MR) is 148 cm³/mol. The molecule has 4 heterocycles. The number of hydrogen-bond donors (Lipinski definition) is 0. The zero-order valence-electron chi connectivity index (χ0n) is 23.3. The molecule has 2 aliphatic rings. The smallest absolute Gasteiger partial charge is 0.280 e. The van der Waals surface area contributed by atoms with Crippen LogP contribution in [0.15, 0.2) is 23.0 Å². The number of halogens is 1. The van der Waals surface area contributed by atoms with E-state index in [1.807, 2.05) is 20.8 Å². The number of hydrogen-bond acceptors (Lipinski definition) is 7. The number of fused-ring (bicyclic) bond motifs is 7. The fourth-order valence-electron chi connectivity index (χ4n) is 5.48. The molecule has 5 rings (SSSR count). The number of ether oxygens (including phenoxy) is 2. The van der Waals surface area contributed by atoms with E-state index >= 15 is 0 Å². The van der Waals surface area contributed by atoms with Crippen molar-refractivity contribution in [3.05, 3.63) is 45.6 Å². The summed E-state index contributed by atoms with van der Waals surface area (Å²) in [5.41, 5.74) is 0.340. The summed E-state index contributed by atoms with van der Waals surface area (Å²) in [7, 11) is -1.05. The van der Waals surface area contributed by atoms with E-state index in [2.05, 4.69) is 5.10 Å². The van der Waals surface area contributed by atoms with Crippen molar-refractivity contribution in [1.82, 2.24) is 19.2 Å². The molecule has 1 atom stereocenters. The Hall–Kier alpha value is -3.61. The van der Waals surface area contributed by atoms with Gasteiger partial charge >= 0.3 is 0 Å². The van der Waals surface area contributed by atoms with Gasteiger partial charge in [-0.05, 0) is 46.1 Å². The molecule has 216 valence electrons. The Labute approximate surface area is 232 Å². The van der Waals surface area contributed by atoms with Crippen LogP contribution in [-0.2, 0) is 16.6 Å². The highest BCUT2D eigenvalue weighted by molar-refractivity contribution is 7.92. The van der Waals surface area contributed by atoms with Crippen LogP contribution in [0.1, 0.15) is 62.1 Å². The van der Waals surface area contributed by atoms with Crippen molar-refractivity contribution in [2.45, 2.75) is 58.7 Å². The molecule has 0 fully saturated rings. The number of carbonyl (C=O) groups is 1. The van der Waals surface area contributed by atoms with E-state index in [1.165, 1.54) is 32.4 Å². The Morgan fingerprint density at radius 1 is 1.18 bits per heavy atom. The van der Waals surface area contributed by atoms with Gasteiger partial charge in [-0.15, -0.1) is 5.10 Å². The lowest BCUT2D eigenvalue weighted by Crippen LogP contribution is -2.45. The van der Waals surface area contributed by atoms with Crippen LogP contribution in [0, 0.1) is 5.82 Å². The number of methoxy groups -OCH3 is 1. The maximum atomic E-state index is 14.1. The highest BCUT2D eigenvalue weighted by atomic mass is 32.2. The zero-order valence-corrected chi connectivity index (χ0v) is 24.1. The third-order valence-corrected chi connectivity index (χ3v) is 9.41. The largest absolute Gasteiger partial charge is 0.493 e. The molecule has 0 unspecified atom stereocenters. The number of aromatic nitrogens is 3. The number of nitrogens with zero attached hydrogens (tertiary/aromatic N) is 5. The predicted octanol–water partition coefficient (Wildman–Crippen LogP) is 3.15. The first-order chi connectivity index (χ1) is 19.0. The normalized spacial score (nSPS) is 19.7. The maximum absolute atomic E-state index is 14.1. The molecular formula is C27H34FN5O6S. The highest BCUT2D eigenvalue weighted by Crippen LogP contribution is 2.41. The molecule has 11 nitrogen and oxygen atoms in total. The average molecular weight is 576 g/mol. The minimum Gasteiger partial charge on any atom is -0.493 e. The standard InChI is InChI=1S/C27H34FN5O6S/c1-16(2)31-14-17(3)33-22-21(24(38-5)23(33)27(31)35)26(34)32-15-18-9-10-19(28)13-20(18)39-11-7-6-8-12-40(36,37)30(4)25(22)29-32/h9-10,13,16-17H,6-8,11-12,14-15H2,1-5H3/t17-/m0/s1. The van der Waals surface area contributed by atoms with Gasteiger partial charge in [0.2, 0.25) is 10.0 Å². The topological polar surface area (TPSA) is 116 Å². The van der Waals surface area contributed by atoms with E-state index in [0.717, 1.165) is 8.99 Å². The number of sulfonamides is 1. The molecule has 1 aromatic carbocycles. The Kier molecular flexibility index (Phi) is 7.28. The number of rotatable bonds is 2. The molecule has 1 amide bonds. The molecule has 0 radical (unpaired) electrons. The first kappa shape index (κ1) is 27.9. The number of amides is 1. The van der Waals surface area contributed by atoms with Crippen molar-refractivity contribution in [2.24, 2.45) is 0 Å². The first-order valence-electron chi connectivity index (χ1n) is 13.4. The van der Waals surface area contributed by atoms with Crippen molar-refractivity contribution in [2.75, 3.05) is 37.4 Å². The lowest BCUT2D eigenvalue weighted by molar-refractivity contribution is 0.0615. The summed E-state index contributed by atoms with van der Waals surface area (Å²) in [6.07, 6.45) is 1.55. The van der Waals surface area contributed by atoms with Crippen LogP contribution >= 0.6 is 0 Å². The third-order valence-electron chi connectivity index (χ3n) is 7.60. The summed E-state index contributed by atoms with van der Waals surface area (Å²) in [5, 5.41) is 4.62. The summed E-state index contributed by atoms with van der Waals surface area (Å²) in [4.78, 5) is 29.4. The zero-order chi connectivity index (χ0) is 28.9. The molecule has 0 spiro atoms. The number of benzene rings is 1. The molecule has 13 heteroatoms. The molecule has 2 bridgehead atoms. The minimum absolute atomic E-state index is 0.0124. The molecular weight excluding hydrogens is 541 g/mol. The van der Waals surface area contributed by atoms with Gasteiger partial charge in [-0.25, -0.2) is 17.5 Å². The molecule has 0 N–H and O–H groups in total. The van der Waals surface area contributed by atoms with E-state index in [9.17, 15) is 22.4 Å². The molecule has 2 aliphatic heterocycles. The van der Waals surface area contributed by atoms with Gasteiger partial charge in [-0.2, -0.15) is 0 Å². The van der Waals surface area contributed by atoms with Gasteiger partial charge in [0.05, 0.1) is 26.0 Å². The first-order valence-corrected chi connectivity index (χ1v) is 15.0. The fourth-order valence-corrected chi connectivity index (χ4v) is 6.71. The molecule has 0 saturated carbocycles. The van der Waals surface area contributed by atoms with Gasteiger partial charge in [0.1, 0.15) is 22.5 Å². The molecule has 0 saturated heterocycles. The number of carbonyl (C=O) groups excluding carboxylic acids is 1. The van der Waals surface area contributed by atoms with Gasteiger partial charge in [0, 0.05) is 37.3 Å². The van der Waals surface area contributed by atoms with E-state index in [-0.39, 0.29) is 70.8 Å². The van der Waals surface area contributed by atoms with Crippen LogP contribution in [0.25, 0.3) is 10.9 Å². The molecule has 2 aromatic heterocycles. The van der Waals surface area contributed by atoms with E-state index < -0.39 is 21.4 Å². The van der Waals surface area contributed by atoms with Gasteiger partial charge in [0.15, 0.2) is 17.3 Å². The van der Waals surface area contributed by atoms with Crippen LogP contribution in [-0.4, -0.2) is 72.7 Å². The summed E-state index contributed by atoms with van der Waals surface area (Å²) in [5.74, 6) is -0.569. The van der Waals surface area contributed by atoms with Crippen LogP contribution in [0.5, 0.6) is 11.5 Å². The highest BCUT2D eigenvalue weighted by Gasteiger charge is 2.40. The lowest BCUT2D eigenvalue weighted by Gasteiger charge is -2.36. The van der Waals surface area contributed by atoms with Gasteiger partial charge in [-0.3, -0.25) is 13.9 Å². The van der Waals surface area contributed by atoms with Crippen molar-refractivity contribution in [3.8, 4) is 11.5 Å². The quantitative estimate of drug-likeness (QED) is 0.461.